The Balaban J connectivity index is 2.67. The number of aromatic nitrogens is 2. The number of hydrogen-bond acceptors (Lipinski definition) is 4. The van der Waals surface area contributed by atoms with E-state index in [-0.39, 0.29) is 12.2 Å². The molecule has 0 saturated carbocycles. The highest BCUT2D eigenvalue weighted by Gasteiger charge is 2.03. The minimum atomic E-state index is -0.0831. The molecule has 0 radical (unpaired) electrons. The average molecular weight is 196 g/mol. The zero-order valence-electron chi connectivity index (χ0n) is 6.80. The Bertz CT molecular complexity index is 474. The zero-order chi connectivity index (χ0) is 9.26. The van der Waals surface area contributed by atoms with Crippen LogP contribution in [0.1, 0.15) is 0 Å². The monoisotopic (exact) mass is 196 g/mol. The highest BCUT2D eigenvalue weighted by Crippen LogP contribution is 2.12. The molecule has 2 aromatic heterocycles. The summed E-state index contributed by atoms with van der Waals surface area (Å²) in [4.78, 5) is 16.4. The highest BCUT2D eigenvalue weighted by atomic mass is 32.1. The summed E-state index contributed by atoms with van der Waals surface area (Å²) >= 11 is 1.44. The number of hydrogen-bond donors (Lipinski definition) is 1. The topological polar surface area (TPSA) is 55.1 Å². The first-order valence-corrected chi connectivity index (χ1v) is 4.74. The number of fused-ring (bicyclic) bond motifs is 1. The summed E-state index contributed by atoms with van der Waals surface area (Å²) in [5.74, 6) is 0. The van der Waals surface area contributed by atoms with Gasteiger partial charge in [-0.3, -0.25) is 9.36 Å². The number of aliphatic hydroxyl groups excluding tert-OH is 1. The summed E-state index contributed by atoms with van der Waals surface area (Å²) in [5, 5.41) is 11.1. The van der Waals surface area contributed by atoms with Crippen LogP contribution in [0.5, 0.6) is 0 Å². The van der Waals surface area contributed by atoms with E-state index in [1.165, 1.54) is 22.2 Å². The van der Waals surface area contributed by atoms with E-state index in [0.717, 1.165) is 4.83 Å². The molecule has 0 aliphatic rings. The molecule has 0 atom stereocenters. The molecule has 0 aromatic carbocycles. The third kappa shape index (κ3) is 1.36. The number of thiophene rings is 1. The fourth-order valence-corrected chi connectivity index (χ4v) is 1.88. The minimum Gasteiger partial charge on any atom is -0.395 e. The molecule has 4 nitrogen and oxygen atoms in total. The maximum Gasteiger partial charge on any atom is 0.262 e. The van der Waals surface area contributed by atoms with Crippen molar-refractivity contribution in [1.29, 1.82) is 0 Å². The van der Waals surface area contributed by atoms with E-state index in [0.29, 0.717) is 11.9 Å². The van der Waals surface area contributed by atoms with Crippen LogP contribution in [0.4, 0.5) is 0 Å². The lowest BCUT2D eigenvalue weighted by atomic mass is 10.4. The standard InChI is InChI=1S/C8H8N2O2S/c11-3-2-10-5-9-7-6(8(10)12)1-4-13-7/h1,4-5,11H,2-3H2. The van der Waals surface area contributed by atoms with Crippen molar-refractivity contribution in [1.82, 2.24) is 9.55 Å². The summed E-state index contributed by atoms with van der Waals surface area (Å²) < 4.78 is 1.41. The molecular formula is C8H8N2O2S. The van der Waals surface area contributed by atoms with Gasteiger partial charge in [-0.2, -0.15) is 0 Å². The molecule has 0 spiro atoms. The second kappa shape index (κ2) is 3.27. The number of nitrogens with zero attached hydrogens (tertiary/aromatic N) is 2. The van der Waals surface area contributed by atoms with E-state index < -0.39 is 0 Å². The van der Waals surface area contributed by atoms with Crippen molar-refractivity contribution in [3.63, 3.8) is 0 Å². The molecule has 68 valence electrons. The van der Waals surface area contributed by atoms with Gasteiger partial charge in [0.15, 0.2) is 0 Å². The van der Waals surface area contributed by atoms with Crippen molar-refractivity contribution in [2.24, 2.45) is 0 Å². The quantitative estimate of drug-likeness (QED) is 0.758. The smallest absolute Gasteiger partial charge is 0.262 e. The summed E-state index contributed by atoms with van der Waals surface area (Å²) in [5.41, 5.74) is -0.0831. The van der Waals surface area contributed by atoms with Gasteiger partial charge in [0.25, 0.3) is 5.56 Å². The van der Waals surface area contributed by atoms with Crippen molar-refractivity contribution in [2.75, 3.05) is 6.61 Å². The molecule has 1 N–H and O–H groups in total. The van der Waals surface area contributed by atoms with E-state index in [9.17, 15) is 4.79 Å². The molecule has 0 aliphatic heterocycles. The molecule has 0 saturated heterocycles. The van der Waals surface area contributed by atoms with Crippen LogP contribution >= 0.6 is 11.3 Å². The predicted molar refractivity (Wildman–Crippen MR) is 51.0 cm³/mol. The SMILES string of the molecule is O=c1c2ccsc2ncn1CCO. The lowest BCUT2D eigenvalue weighted by molar-refractivity contribution is 0.274. The molecule has 0 bridgehead atoms. The maximum atomic E-state index is 11.6. The van der Waals surface area contributed by atoms with Crippen LogP contribution in [0.2, 0.25) is 0 Å². The highest BCUT2D eigenvalue weighted by molar-refractivity contribution is 7.16. The zero-order valence-corrected chi connectivity index (χ0v) is 7.62. The Kier molecular flexibility index (Phi) is 2.12. The van der Waals surface area contributed by atoms with Crippen LogP contribution in [0, 0.1) is 0 Å². The van der Waals surface area contributed by atoms with Crippen LogP contribution in [-0.2, 0) is 6.54 Å². The molecule has 0 fully saturated rings. The fraction of sp³-hybridized carbons (Fsp3) is 0.250. The second-order valence-electron chi connectivity index (χ2n) is 2.61. The Hall–Kier alpha value is -1.20. The third-order valence-corrected chi connectivity index (χ3v) is 2.61. The normalized spacial score (nSPS) is 10.8. The summed E-state index contributed by atoms with van der Waals surface area (Å²) in [6, 6.07) is 1.75. The maximum absolute atomic E-state index is 11.6. The van der Waals surface area contributed by atoms with E-state index in [1.54, 1.807) is 6.07 Å². The Morgan fingerprint density at radius 2 is 2.46 bits per heavy atom. The Morgan fingerprint density at radius 1 is 1.62 bits per heavy atom. The van der Waals surface area contributed by atoms with Gasteiger partial charge < -0.3 is 5.11 Å². The van der Waals surface area contributed by atoms with Crippen molar-refractivity contribution >= 4 is 21.6 Å². The first kappa shape index (κ1) is 8.40. The van der Waals surface area contributed by atoms with Crippen LogP contribution in [-0.4, -0.2) is 21.3 Å². The van der Waals surface area contributed by atoms with Gasteiger partial charge in [-0.25, -0.2) is 4.98 Å². The lowest BCUT2D eigenvalue weighted by Crippen LogP contribution is -2.21. The summed E-state index contributed by atoms with van der Waals surface area (Å²) in [6.07, 6.45) is 1.47. The van der Waals surface area contributed by atoms with Crippen molar-refractivity contribution in [3.8, 4) is 0 Å². The van der Waals surface area contributed by atoms with E-state index in [1.807, 2.05) is 5.38 Å². The van der Waals surface area contributed by atoms with Crippen LogP contribution in [0.15, 0.2) is 22.6 Å². The lowest BCUT2D eigenvalue weighted by Gasteiger charge is -2.00. The van der Waals surface area contributed by atoms with Crippen LogP contribution in [0.3, 0.4) is 0 Å². The van der Waals surface area contributed by atoms with Crippen molar-refractivity contribution in [2.45, 2.75) is 6.54 Å². The number of rotatable bonds is 2. The van der Waals surface area contributed by atoms with Gasteiger partial charge >= 0.3 is 0 Å². The molecule has 2 heterocycles. The van der Waals surface area contributed by atoms with Crippen LogP contribution in [0.25, 0.3) is 10.2 Å². The molecule has 2 aromatic rings. The van der Waals surface area contributed by atoms with Gasteiger partial charge in [0, 0.05) is 0 Å². The van der Waals surface area contributed by atoms with E-state index in [4.69, 9.17) is 5.11 Å². The van der Waals surface area contributed by atoms with Gasteiger partial charge in [-0.1, -0.05) is 0 Å². The van der Waals surface area contributed by atoms with E-state index in [2.05, 4.69) is 4.98 Å². The average Bonchev–Trinajstić information content (AvgIpc) is 2.58. The molecule has 2 rings (SSSR count). The van der Waals surface area contributed by atoms with Gasteiger partial charge in [-0.15, -0.1) is 11.3 Å². The Labute approximate surface area is 78.1 Å². The van der Waals surface area contributed by atoms with Gasteiger partial charge in [-0.05, 0) is 11.4 Å². The predicted octanol–water partition coefficient (Wildman–Crippen LogP) is 0.450. The molecular weight excluding hydrogens is 188 g/mol. The van der Waals surface area contributed by atoms with E-state index >= 15 is 0 Å². The fourth-order valence-electron chi connectivity index (χ4n) is 1.16. The minimum absolute atomic E-state index is 0.0444. The van der Waals surface area contributed by atoms with Gasteiger partial charge in [0.1, 0.15) is 4.83 Å². The van der Waals surface area contributed by atoms with Gasteiger partial charge in [0.2, 0.25) is 0 Å². The third-order valence-electron chi connectivity index (χ3n) is 1.79. The summed E-state index contributed by atoms with van der Waals surface area (Å²) in [7, 11) is 0. The van der Waals surface area contributed by atoms with Crippen LogP contribution < -0.4 is 5.56 Å². The van der Waals surface area contributed by atoms with Crippen molar-refractivity contribution in [3.05, 3.63) is 28.1 Å². The first-order chi connectivity index (χ1) is 6.33. The molecule has 0 amide bonds. The largest absolute Gasteiger partial charge is 0.395 e. The molecule has 13 heavy (non-hydrogen) atoms. The van der Waals surface area contributed by atoms with Crippen molar-refractivity contribution < 1.29 is 5.11 Å². The second-order valence-corrected chi connectivity index (χ2v) is 3.50. The number of aliphatic hydroxyl groups is 1. The molecule has 5 heteroatoms. The van der Waals surface area contributed by atoms with Gasteiger partial charge in [0.05, 0.1) is 24.9 Å². The Morgan fingerprint density at radius 3 is 3.23 bits per heavy atom. The molecule has 0 aliphatic carbocycles. The summed E-state index contributed by atoms with van der Waals surface area (Å²) in [6.45, 7) is 0.259. The molecule has 0 unspecified atom stereocenters. The first-order valence-electron chi connectivity index (χ1n) is 3.86.